The van der Waals surface area contributed by atoms with E-state index < -0.39 is 23.3 Å². The number of nitrogens with zero attached hydrogens (tertiary/aromatic N) is 1. The van der Waals surface area contributed by atoms with Crippen molar-refractivity contribution in [3.05, 3.63) is 0 Å². The van der Waals surface area contributed by atoms with E-state index in [1.165, 1.54) is 4.90 Å². The lowest BCUT2D eigenvalue weighted by Crippen LogP contribution is -2.64. The summed E-state index contributed by atoms with van der Waals surface area (Å²) in [4.78, 5) is 24.6. The van der Waals surface area contributed by atoms with Gasteiger partial charge in [0, 0.05) is 0 Å². The van der Waals surface area contributed by atoms with Crippen molar-refractivity contribution in [2.45, 2.75) is 58.2 Å². The van der Waals surface area contributed by atoms with Crippen LogP contribution in [0, 0.1) is 0 Å². The average Bonchev–Trinajstić information content (AvgIpc) is 2.23. The van der Waals surface area contributed by atoms with E-state index in [9.17, 15) is 14.7 Å². The molecule has 1 aliphatic rings. The highest BCUT2D eigenvalue weighted by Crippen LogP contribution is 2.26. The first kappa shape index (κ1) is 16.8. The number of β-amino-alcohol motifs (C(OH)–C–C–N with tert-alkyl or cyclic N) is 1. The molecule has 6 heteroatoms. The Hall–Kier alpha value is -1.30. The van der Waals surface area contributed by atoms with Crippen LogP contribution in [0.4, 0.5) is 4.79 Å². The van der Waals surface area contributed by atoms with Crippen molar-refractivity contribution in [2.75, 3.05) is 19.7 Å². The fraction of sp³-hybridized carbons (Fsp3) is 0.857. The molecular formula is C14H25NO5. The molecule has 116 valence electrons. The van der Waals surface area contributed by atoms with Crippen LogP contribution in [-0.4, -0.2) is 53.0 Å². The summed E-state index contributed by atoms with van der Waals surface area (Å²) < 4.78 is 10.2. The molecule has 1 saturated heterocycles. The molecule has 20 heavy (non-hydrogen) atoms. The van der Waals surface area contributed by atoms with Crippen LogP contribution in [-0.2, 0) is 14.3 Å². The molecule has 0 saturated carbocycles. The Labute approximate surface area is 120 Å². The number of amides is 1. The first-order valence-corrected chi connectivity index (χ1v) is 7.01. The average molecular weight is 287 g/mol. The van der Waals surface area contributed by atoms with E-state index in [1.807, 2.05) is 6.92 Å². The summed E-state index contributed by atoms with van der Waals surface area (Å²) >= 11 is 0. The van der Waals surface area contributed by atoms with Crippen LogP contribution in [0.5, 0.6) is 0 Å². The number of carbonyl (C=O) groups is 2. The van der Waals surface area contributed by atoms with Gasteiger partial charge in [0.05, 0.1) is 26.1 Å². The van der Waals surface area contributed by atoms with Gasteiger partial charge in [-0.2, -0.15) is 0 Å². The monoisotopic (exact) mass is 287 g/mol. The number of esters is 1. The van der Waals surface area contributed by atoms with Gasteiger partial charge in [-0.3, -0.25) is 4.79 Å². The normalized spacial score (nSPS) is 17.4. The summed E-state index contributed by atoms with van der Waals surface area (Å²) in [6.45, 7) is 7.93. The molecule has 0 aromatic rings. The zero-order valence-electron chi connectivity index (χ0n) is 12.8. The van der Waals surface area contributed by atoms with E-state index in [0.717, 1.165) is 12.8 Å². The lowest BCUT2D eigenvalue weighted by atomic mass is 9.91. The Morgan fingerprint density at radius 2 is 1.90 bits per heavy atom. The topological polar surface area (TPSA) is 76.1 Å². The van der Waals surface area contributed by atoms with Gasteiger partial charge in [-0.15, -0.1) is 0 Å². The molecule has 0 unspecified atom stereocenters. The third-order valence-electron chi connectivity index (χ3n) is 2.86. The third kappa shape index (κ3) is 5.36. The quantitative estimate of drug-likeness (QED) is 0.615. The smallest absolute Gasteiger partial charge is 0.410 e. The number of carbonyl (C=O) groups excluding carboxylic acids is 2. The number of likely N-dealkylation sites (tertiary alicyclic amines) is 1. The van der Waals surface area contributed by atoms with Gasteiger partial charge in [0.1, 0.15) is 11.2 Å². The number of unbranched alkanes of at least 4 members (excludes halogenated alkanes) is 1. The van der Waals surface area contributed by atoms with Crippen molar-refractivity contribution in [1.29, 1.82) is 0 Å². The van der Waals surface area contributed by atoms with Gasteiger partial charge in [-0.05, 0) is 27.2 Å². The van der Waals surface area contributed by atoms with E-state index in [1.54, 1.807) is 20.8 Å². The van der Waals surface area contributed by atoms with E-state index in [2.05, 4.69) is 0 Å². The molecule has 1 N–H and O–H groups in total. The minimum Gasteiger partial charge on any atom is -0.466 e. The fourth-order valence-corrected chi connectivity index (χ4v) is 1.88. The van der Waals surface area contributed by atoms with E-state index >= 15 is 0 Å². The first-order valence-electron chi connectivity index (χ1n) is 7.01. The highest BCUT2D eigenvalue weighted by Gasteiger charge is 2.46. The Morgan fingerprint density at radius 3 is 2.40 bits per heavy atom. The SMILES string of the molecule is CCCCOC(=O)CC1(O)CN(C(=O)OC(C)(C)C)C1. The Balaban J connectivity index is 2.31. The van der Waals surface area contributed by atoms with Crippen molar-refractivity contribution in [2.24, 2.45) is 0 Å². The van der Waals surface area contributed by atoms with Crippen LogP contribution >= 0.6 is 0 Å². The zero-order chi connectivity index (χ0) is 15.4. The van der Waals surface area contributed by atoms with Crippen molar-refractivity contribution in [3.8, 4) is 0 Å². The number of hydrogen-bond donors (Lipinski definition) is 1. The molecule has 1 heterocycles. The lowest BCUT2D eigenvalue weighted by molar-refractivity contribution is -0.158. The van der Waals surface area contributed by atoms with Crippen LogP contribution in [0.25, 0.3) is 0 Å². The maximum absolute atomic E-state index is 11.7. The van der Waals surface area contributed by atoms with Gasteiger partial charge in [0.15, 0.2) is 0 Å². The highest BCUT2D eigenvalue weighted by atomic mass is 16.6. The molecule has 0 radical (unpaired) electrons. The van der Waals surface area contributed by atoms with Crippen LogP contribution in [0.2, 0.25) is 0 Å². The summed E-state index contributed by atoms with van der Waals surface area (Å²) in [7, 11) is 0. The maximum atomic E-state index is 11.7. The molecule has 1 amide bonds. The summed E-state index contributed by atoms with van der Waals surface area (Å²) in [5.41, 5.74) is -1.75. The second-order valence-corrected chi connectivity index (χ2v) is 6.31. The van der Waals surface area contributed by atoms with Gasteiger partial charge in [0.2, 0.25) is 0 Å². The standard InChI is InChI=1S/C14H25NO5/c1-5-6-7-19-11(16)8-14(18)9-15(10-14)12(17)20-13(2,3)4/h18H,5-10H2,1-4H3. The van der Waals surface area contributed by atoms with Crippen molar-refractivity contribution in [1.82, 2.24) is 4.90 Å². The van der Waals surface area contributed by atoms with Gasteiger partial charge < -0.3 is 19.5 Å². The van der Waals surface area contributed by atoms with E-state index in [4.69, 9.17) is 9.47 Å². The van der Waals surface area contributed by atoms with Crippen molar-refractivity contribution in [3.63, 3.8) is 0 Å². The predicted octanol–water partition coefficient (Wildman–Crippen LogP) is 1.70. The summed E-state index contributed by atoms with van der Waals surface area (Å²) in [6.07, 6.45) is 1.20. The molecule has 0 aliphatic carbocycles. The van der Waals surface area contributed by atoms with Gasteiger partial charge >= 0.3 is 12.1 Å². The van der Waals surface area contributed by atoms with E-state index in [-0.39, 0.29) is 19.5 Å². The van der Waals surface area contributed by atoms with Crippen LogP contribution in [0.1, 0.15) is 47.0 Å². The molecule has 0 aromatic carbocycles. The number of aliphatic hydroxyl groups is 1. The Kier molecular flexibility index (Phi) is 5.39. The van der Waals surface area contributed by atoms with Crippen LogP contribution < -0.4 is 0 Å². The maximum Gasteiger partial charge on any atom is 0.410 e. The van der Waals surface area contributed by atoms with E-state index in [0.29, 0.717) is 6.61 Å². The molecule has 0 bridgehead atoms. The van der Waals surface area contributed by atoms with Gasteiger partial charge in [-0.1, -0.05) is 13.3 Å². The summed E-state index contributed by atoms with van der Waals surface area (Å²) in [5.74, 6) is -0.426. The minimum absolute atomic E-state index is 0.0873. The largest absolute Gasteiger partial charge is 0.466 e. The number of rotatable bonds is 5. The fourth-order valence-electron chi connectivity index (χ4n) is 1.88. The van der Waals surface area contributed by atoms with Gasteiger partial charge in [0.25, 0.3) is 0 Å². The third-order valence-corrected chi connectivity index (χ3v) is 2.86. The van der Waals surface area contributed by atoms with Crippen LogP contribution in [0.3, 0.4) is 0 Å². The molecule has 0 spiro atoms. The molecule has 1 fully saturated rings. The summed E-state index contributed by atoms with van der Waals surface area (Å²) in [6, 6.07) is 0. The molecule has 0 aromatic heterocycles. The molecule has 1 aliphatic heterocycles. The van der Waals surface area contributed by atoms with Crippen LogP contribution in [0.15, 0.2) is 0 Å². The minimum atomic E-state index is -1.18. The van der Waals surface area contributed by atoms with Crippen molar-refractivity contribution >= 4 is 12.1 Å². The zero-order valence-corrected chi connectivity index (χ0v) is 12.8. The molecule has 6 nitrogen and oxygen atoms in total. The summed E-state index contributed by atoms with van der Waals surface area (Å²) in [5, 5.41) is 10.1. The molecule has 0 atom stereocenters. The second kappa shape index (κ2) is 6.43. The van der Waals surface area contributed by atoms with Gasteiger partial charge in [-0.25, -0.2) is 4.79 Å². The first-order chi connectivity index (χ1) is 9.15. The van der Waals surface area contributed by atoms with Crippen molar-refractivity contribution < 1.29 is 24.2 Å². The Bertz CT molecular complexity index is 355. The highest BCUT2D eigenvalue weighted by molar-refractivity contribution is 5.73. The lowest BCUT2D eigenvalue weighted by Gasteiger charge is -2.45. The number of hydrogen-bond acceptors (Lipinski definition) is 5. The Morgan fingerprint density at radius 1 is 1.30 bits per heavy atom. The second-order valence-electron chi connectivity index (χ2n) is 6.31. The molecular weight excluding hydrogens is 262 g/mol. The number of ether oxygens (including phenoxy) is 2. The molecule has 1 rings (SSSR count). The predicted molar refractivity (Wildman–Crippen MR) is 73.2 cm³/mol.